The number of ether oxygens (including phenoxy) is 1. The van der Waals surface area contributed by atoms with Crippen LogP contribution in [0.25, 0.3) is 0 Å². The largest absolute Gasteiger partial charge is 0.480 e. The molecule has 114 valence electrons. The Balaban J connectivity index is 1.67. The minimum Gasteiger partial charge on any atom is -0.480 e. The molecule has 1 saturated carbocycles. The van der Waals surface area contributed by atoms with E-state index >= 15 is 0 Å². The molecule has 3 atom stereocenters. The van der Waals surface area contributed by atoms with Crippen LogP contribution < -0.4 is 15.8 Å². The molecular weight excluding hydrogens is 264 g/mol. The van der Waals surface area contributed by atoms with Crippen LogP contribution in [0.15, 0.2) is 24.3 Å². The van der Waals surface area contributed by atoms with Crippen LogP contribution in [0.4, 0.5) is 0 Å². The second kappa shape index (κ2) is 5.68. The molecule has 1 aromatic rings. The summed E-state index contributed by atoms with van der Waals surface area (Å²) in [5.74, 6) is 1.42. The fourth-order valence-corrected chi connectivity index (χ4v) is 3.68. The van der Waals surface area contributed by atoms with E-state index in [4.69, 9.17) is 10.5 Å². The zero-order valence-corrected chi connectivity index (χ0v) is 12.6. The maximum atomic E-state index is 12.6. The van der Waals surface area contributed by atoms with Gasteiger partial charge in [0.25, 0.3) is 5.91 Å². The molecule has 0 spiro atoms. The third kappa shape index (κ3) is 2.91. The highest BCUT2D eigenvalue weighted by Gasteiger charge is 2.38. The van der Waals surface area contributed by atoms with Gasteiger partial charge in [-0.25, -0.2) is 0 Å². The van der Waals surface area contributed by atoms with Crippen molar-refractivity contribution in [1.29, 1.82) is 0 Å². The first kappa shape index (κ1) is 14.4. The summed E-state index contributed by atoms with van der Waals surface area (Å²) in [6, 6.07) is 7.85. The van der Waals surface area contributed by atoms with Crippen LogP contribution in [-0.2, 0) is 11.2 Å². The highest BCUT2D eigenvalue weighted by atomic mass is 16.5. The van der Waals surface area contributed by atoms with E-state index in [1.165, 1.54) is 6.42 Å². The van der Waals surface area contributed by atoms with Gasteiger partial charge in [0.05, 0.1) is 5.54 Å². The SMILES string of the molecule is CC1CCCC(CN)(NC(=O)C2Cc3ccccc3O2)C1. The predicted octanol–water partition coefficient (Wildman–Crippen LogP) is 2.01. The fraction of sp³-hybridized carbons (Fsp3) is 0.588. The molecule has 2 aliphatic rings. The molecule has 0 radical (unpaired) electrons. The summed E-state index contributed by atoms with van der Waals surface area (Å²) in [5.41, 5.74) is 6.84. The Hall–Kier alpha value is -1.55. The van der Waals surface area contributed by atoms with Gasteiger partial charge in [-0.2, -0.15) is 0 Å². The topological polar surface area (TPSA) is 64.3 Å². The van der Waals surface area contributed by atoms with Gasteiger partial charge >= 0.3 is 0 Å². The van der Waals surface area contributed by atoms with Crippen molar-refractivity contribution in [2.75, 3.05) is 6.54 Å². The van der Waals surface area contributed by atoms with E-state index in [0.717, 1.165) is 30.6 Å². The lowest BCUT2D eigenvalue weighted by Crippen LogP contribution is -2.58. The number of carbonyl (C=O) groups excluding carboxylic acids is 1. The molecule has 1 aromatic carbocycles. The molecule has 1 fully saturated rings. The van der Waals surface area contributed by atoms with Crippen molar-refractivity contribution in [3.8, 4) is 5.75 Å². The maximum Gasteiger partial charge on any atom is 0.261 e. The van der Waals surface area contributed by atoms with Crippen LogP contribution in [0.3, 0.4) is 0 Å². The number of hydrogen-bond acceptors (Lipinski definition) is 3. The minimum atomic E-state index is -0.414. The molecule has 0 aromatic heterocycles. The van der Waals surface area contributed by atoms with Gasteiger partial charge in [-0.3, -0.25) is 4.79 Å². The first-order valence-corrected chi connectivity index (χ1v) is 7.88. The summed E-state index contributed by atoms with van der Waals surface area (Å²) < 4.78 is 5.77. The van der Waals surface area contributed by atoms with Crippen LogP contribution in [0.2, 0.25) is 0 Å². The Labute approximate surface area is 126 Å². The third-order valence-corrected chi connectivity index (χ3v) is 4.81. The molecule has 1 aliphatic heterocycles. The number of para-hydroxylation sites is 1. The zero-order valence-electron chi connectivity index (χ0n) is 12.6. The van der Waals surface area contributed by atoms with E-state index in [2.05, 4.69) is 12.2 Å². The number of benzene rings is 1. The molecule has 21 heavy (non-hydrogen) atoms. The Bertz CT molecular complexity index is 506. The summed E-state index contributed by atoms with van der Waals surface area (Å²) in [7, 11) is 0. The molecule has 3 N–H and O–H groups in total. The molecule has 0 bridgehead atoms. The lowest BCUT2D eigenvalue weighted by atomic mass is 9.76. The average Bonchev–Trinajstić information content (AvgIpc) is 2.91. The summed E-state index contributed by atoms with van der Waals surface area (Å²) >= 11 is 0. The monoisotopic (exact) mass is 288 g/mol. The first-order chi connectivity index (χ1) is 10.1. The number of hydrogen-bond donors (Lipinski definition) is 2. The van der Waals surface area contributed by atoms with Crippen molar-refractivity contribution < 1.29 is 9.53 Å². The van der Waals surface area contributed by atoms with E-state index < -0.39 is 6.10 Å². The lowest BCUT2D eigenvalue weighted by molar-refractivity contribution is -0.129. The molecule has 1 aliphatic carbocycles. The Morgan fingerprint density at radius 2 is 2.29 bits per heavy atom. The van der Waals surface area contributed by atoms with Crippen molar-refractivity contribution in [2.24, 2.45) is 11.7 Å². The molecular formula is C17H24N2O2. The van der Waals surface area contributed by atoms with Gasteiger partial charge in [-0.1, -0.05) is 38.0 Å². The van der Waals surface area contributed by atoms with E-state index in [-0.39, 0.29) is 11.4 Å². The van der Waals surface area contributed by atoms with E-state index in [1.807, 2.05) is 24.3 Å². The molecule has 1 heterocycles. The number of amides is 1. The number of rotatable bonds is 3. The van der Waals surface area contributed by atoms with Gasteiger partial charge in [0.15, 0.2) is 6.10 Å². The molecule has 3 rings (SSSR count). The quantitative estimate of drug-likeness (QED) is 0.894. The normalized spacial score (nSPS) is 31.3. The van der Waals surface area contributed by atoms with Gasteiger partial charge < -0.3 is 15.8 Å². The minimum absolute atomic E-state index is 0.0225. The maximum absolute atomic E-state index is 12.6. The van der Waals surface area contributed by atoms with Crippen molar-refractivity contribution in [2.45, 2.75) is 50.7 Å². The Morgan fingerprint density at radius 1 is 1.48 bits per heavy atom. The molecule has 0 saturated heterocycles. The van der Waals surface area contributed by atoms with Gasteiger partial charge in [0, 0.05) is 13.0 Å². The number of carbonyl (C=O) groups is 1. The van der Waals surface area contributed by atoms with Crippen molar-refractivity contribution in [1.82, 2.24) is 5.32 Å². The van der Waals surface area contributed by atoms with E-state index in [0.29, 0.717) is 18.9 Å². The molecule has 1 amide bonds. The average molecular weight is 288 g/mol. The fourth-order valence-electron chi connectivity index (χ4n) is 3.68. The predicted molar refractivity (Wildman–Crippen MR) is 82.1 cm³/mol. The van der Waals surface area contributed by atoms with Crippen molar-refractivity contribution in [3.63, 3.8) is 0 Å². The summed E-state index contributed by atoms with van der Waals surface area (Å²) in [4.78, 5) is 12.6. The van der Waals surface area contributed by atoms with Gasteiger partial charge in [-0.15, -0.1) is 0 Å². The number of fused-ring (bicyclic) bond motifs is 1. The number of nitrogens with one attached hydrogen (secondary N) is 1. The Morgan fingerprint density at radius 3 is 3.00 bits per heavy atom. The van der Waals surface area contributed by atoms with Crippen LogP contribution >= 0.6 is 0 Å². The van der Waals surface area contributed by atoms with Crippen molar-refractivity contribution >= 4 is 5.91 Å². The molecule has 4 heteroatoms. The molecule has 4 nitrogen and oxygen atoms in total. The van der Waals surface area contributed by atoms with Gasteiger partial charge in [0.1, 0.15) is 5.75 Å². The summed E-state index contributed by atoms with van der Waals surface area (Å²) in [5, 5.41) is 3.20. The summed E-state index contributed by atoms with van der Waals surface area (Å²) in [6.07, 6.45) is 4.53. The third-order valence-electron chi connectivity index (χ3n) is 4.81. The summed E-state index contributed by atoms with van der Waals surface area (Å²) in [6.45, 7) is 2.74. The van der Waals surface area contributed by atoms with E-state index in [9.17, 15) is 4.79 Å². The smallest absolute Gasteiger partial charge is 0.261 e. The second-order valence-corrected chi connectivity index (χ2v) is 6.59. The Kier molecular flexibility index (Phi) is 3.89. The highest BCUT2D eigenvalue weighted by Crippen LogP contribution is 2.33. The number of nitrogens with two attached hydrogens (primary N) is 1. The van der Waals surface area contributed by atoms with E-state index in [1.54, 1.807) is 0 Å². The van der Waals surface area contributed by atoms with Crippen LogP contribution in [0.5, 0.6) is 5.75 Å². The standard InChI is InChI=1S/C17H24N2O2/c1-12-5-4-8-17(10-12,11-18)19-16(20)15-9-13-6-2-3-7-14(13)21-15/h2-3,6-7,12,15H,4-5,8-11,18H2,1H3,(H,19,20). The first-order valence-electron chi connectivity index (χ1n) is 7.88. The molecule has 3 unspecified atom stereocenters. The van der Waals surface area contributed by atoms with Crippen molar-refractivity contribution in [3.05, 3.63) is 29.8 Å². The van der Waals surface area contributed by atoms with Gasteiger partial charge in [0.2, 0.25) is 0 Å². The van der Waals surface area contributed by atoms with Crippen LogP contribution in [0.1, 0.15) is 38.2 Å². The zero-order chi connectivity index (χ0) is 14.9. The van der Waals surface area contributed by atoms with Gasteiger partial charge in [-0.05, 0) is 30.4 Å². The van der Waals surface area contributed by atoms with Crippen LogP contribution in [-0.4, -0.2) is 24.1 Å². The lowest BCUT2D eigenvalue weighted by Gasteiger charge is -2.40. The highest BCUT2D eigenvalue weighted by molar-refractivity contribution is 5.83. The second-order valence-electron chi connectivity index (χ2n) is 6.59. The van der Waals surface area contributed by atoms with Crippen LogP contribution in [0, 0.1) is 5.92 Å².